The van der Waals surface area contributed by atoms with Crippen LogP contribution in [-0.2, 0) is 19.1 Å². The van der Waals surface area contributed by atoms with Crippen molar-refractivity contribution in [2.24, 2.45) is 28.8 Å². The van der Waals surface area contributed by atoms with E-state index in [1.165, 1.54) is 47.3 Å². The number of rotatable bonds is 5. The second kappa shape index (κ2) is 19.7. The number of amides is 1. The van der Waals surface area contributed by atoms with Crippen LogP contribution < -0.4 is 10.1 Å². The molecule has 3 aliphatic rings. The number of fused-ring (bicyclic) bond motifs is 15. The van der Waals surface area contributed by atoms with Crippen LogP contribution in [-0.4, -0.2) is 131 Å². The summed E-state index contributed by atoms with van der Waals surface area (Å²) in [6, 6.07) is 0. The molecule has 3 aliphatic heterocycles. The van der Waals surface area contributed by atoms with Crippen LogP contribution in [0.5, 0.6) is 23.0 Å². The van der Waals surface area contributed by atoms with Crippen molar-refractivity contribution in [2.75, 3.05) is 52.8 Å². The fourth-order valence-corrected chi connectivity index (χ4v) is 7.72. The third-order valence-corrected chi connectivity index (χ3v) is 11.5. The van der Waals surface area contributed by atoms with E-state index < -0.39 is 83.0 Å². The van der Waals surface area contributed by atoms with Crippen LogP contribution in [0.2, 0.25) is 0 Å². The van der Waals surface area contributed by atoms with E-state index in [1.54, 1.807) is 57.0 Å². The van der Waals surface area contributed by atoms with Crippen LogP contribution in [0.25, 0.3) is 10.8 Å². The molecule has 0 aliphatic carbocycles. The number of allylic oxidation sites excluding steroid dienone is 3. The molecule has 6 N–H and O–H groups in total. The summed E-state index contributed by atoms with van der Waals surface area (Å²) in [5.41, 5.74) is -0.207. The maximum atomic E-state index is 14.3. The minimum atomic E-state index is -1.11. The van der Waals surface area contributed by atoms with Gasteiger partial charge in [0.05, 0.1) is 53.8 Å². The molecule has 1 amide bonds. The number of carbonyl (C=O) groups excluding carboxylic acids is 3. The summed E-state index contributed by atoms with van der Waals surface area (Å²) < 4.78 is 17.2. The third kappa shape index (κ3) is 9.83. The number of Topliss-reactive ketones (excluding diaryl/α,β-unsaturated/α-hetero) is 1. The van der Waals surface area contributed by atoms with Gasteiger partial charge in [0.1, 0.15) is 23.4 Å². The van der Waals surface area contributed by atoms with E-state index in [2.05, 4.69) is 15.3 Å². The Hall–Kier alpha value is -4.96. The van der Waals surface area contributed by atoms with Crippen molar-refractivity contribution in [1.82, 2.24) is 9.91 Å². The topological polar surface area (TPSA) is 211 Å². The number of aromatic hydroxyl groups is 3. The maximum absolute atomic E-state index is 14.3. The van der Waals surface area contributed by atoms with Crippen LogP contribution in [0, 0.1) is 30.6 Å². The van der Waals surface area contributed by atoms with Gasteiger partial charge in [-0.1, -0.05) is 58.1 Å². The molecule has 15 nitrogen and oxygen atoms in total. The van der Waals surface area contributed by atoms with Crippen molar-refractivity contribution in [3.05, 3.63) is 52.6 Å². The van der Waals surface area contributed by atoms with Gasteiger partial charge in [0.15, 0.2) is 11.5 Å². The van der Waals surface area contributed by atoms with E-state index in [1.807, 2.05) is 7.05 Å². The Labute approximate surface area is 340 Å². The largest absolute Gasteiger partial charge is 0.507 e. The standard InChI is InChI=1S/C43H60N4O11/c1-22-13-11-14-23(2)43(55)45-35-29(21-44-47-19-17-46(8)18-20-47)39(53)33-32(42(57-10)27(6)38(52)34(33)40(35)54)30(49)15-12-16-31(56-9)24(3)41(58-28(7)48)26(5)37(51)25(4)36(22)50/h11-14,16,21-22,24-26,31,36-37,41,50-54H,15,17-20H2,1-10H3,(H,45,55)/b13-11+,16-12+,23-14-,44-21+/t22-,24+,25+,26+,31-,36-,37+,41+/m0/s1. The number of hydrogen-bond acceptors (Lipinski definition) is 14. The number of benzene rings is 2. The van der Waals surface area contributed by atoms with E-state index in [9.17, 15) is 39.9 Å². The lowest BCUT2D eigenvalue weighted by molar-refractivity contribution is -0.160. The normalized spacial score (nSPS) is 29.3. The molecule has 15 heteroatoms. The van der Waals surface area contributed by atoms with Gasteiger partial charge in [-0.25, -0.2) is 0 Å². The number of aliphatic hydroxyl groups is 2. The number of ketones is 1. The van der Waals surface area contributed by atoms with E-state index >= 15 is 0 Å². The molecule has 0 radical (unpaired) electrons. The Balaban J connectivity index is 1.99. The van der Waals surface area contributed by atoms with Gasteiger partial charge in [-0.05, 0) is 20.9 Å². The SMILES string of the molecule is COc1c(C)c(O)c2c(O)c3c(/C=N/N4CCN(C)CC4)c(O)c2c1C(=O)C/C=C/[C@H](OC)[C@@H](C)[C@@H](OC(C)=O)[C@H](C)[C@H](O)[C@H](C)[C@@H](O)[C@@H](C)/C=C/C=C(/C)C(=O)N3. The number of nitrogens with one attached hydrogen (secondary N) is 1. The second-order valence-corrected chi connectivity index (χ2v) is 15.6. The predicted octanol–water partition coefficient (Wildman–Crippen LogP) is 4.65. The van der Waals surface area contributed by atoms with Gasteiger partial charge < -0.3 is 50.0 Å². The molecule has 1 saturated heterocycles. The Bertz CT molecular complexity index is 1970. The van der Waals surface area contributed by atoms with Crippen LogP contribution in [0.3, 0.4) is 0 Å². The van der Waals surface area contributed by atoms with Gasteiger partial charge in [-0.3, -0.25) is 19.4 Å². The molecule has 0 unspecified atom stereocenters. The number of likely N-dealkylation sites (N-methyl/N-ethyl adjacent to an activating group) is 1. The molecule has 318 valence electrons. The zero-order valence-electron chi connectivity index (χ0n) is 35.1. The van der Waals surface area contributed by atoms with Crippen molar-refractivity contribution >= 4 is 40.3 Å². The van der Waals surface area contributed by atoms with Crippen LogP contribution in [0.1, 0.15) is 69.4 Å². The predicted molar refractivity (Wildman–Crippen MR) is 222 cm³/mol. The summed E-state index contributed by atoms with van der Waals surface area (Å²) >= 11 is 0. The lowest BCUT2D eigenvalue weighted by Gasteiger charge is -2.38. The first-order valence-electron chi connectivity index (χ1n) is 19.6. The first-order chi connectivity index (χ1) is 27.4. The molecule has 3 heterocycles. The van der Waals surface area contributed by atoms with Gasteiger partial charge in [-0.2, -0.15) is 5.10 Å². The number of hydrazone groups is 1. The highest BCUT2D eigenvalue weighted by Crippen LogP contribution is 2.52. The molecular weight excluding hydrogens is 748 g/mol. The molecule has 2 aromatic rings. The van der Waals surface area contributed by atoms with Crippen molar-refractivity contribution in [3.63, 3.8) is 0 Å². The smallest absolute Gasteiger partial charge is 0.302 e. The second-order valence-electron chi connectivity index (χ2n) is 15.6. The number of carbonyl (C=O) groups is 3. The monoisotopic (exact) mass is 808 g/mol. The summed E-state index contributed by atoms with van der Waals surface area (Å²) in [5, 5.41) is 66.9. The third-order valence-electron chi connectivity index (χ3n) is 11.5. The first-order valence-corrected chi connectivity index (χ1v) is 19.6. The number of phenolic OH excluding ortho intramolecular Hbond substituents is 3. The zero-order chi connectivity index (χ0) is 43.2. The van der Waals surface area contributed by atoms with Crippen LogP contribution >= 0.6 is 0 Å². The fourth-order valence-electron chi connectivity index (χ4n) is 7.72. The highest BCUT2D eigenvalue weighted by atomic mass is 16.5. The van der Waals surface area contributed by atoms with Crippen molar-refractivity contribution < 1.29 is 54.1 Å². The summed E-state index contributed by atoms with van der Waals surface area (Å²) in [6.45, 7) is 13.9. The number of piperazine rings is 1. The summed E-state index contributed by atoms with van der Waals surface area (Å²) in [6.07, 6.45) is 5.28. The van der Waals surface area contributed by atoms with Gasteiger partial charge in [0, 0.05) is 86.8 Å². The molecule has 4 bridgehead atoms. The van der Waals surface area contributed by atoms with E-state index in [0.717, 1.165) is 13.1 Å². The summed E-state index contributed by atoms with van der Waals surface area (Å²) in [5.74, 6) is -5.83. The van der Waals surface area contributed by atoms with Gasteiger partial charge in [-0.15, -0.1) is 0 Å². The van der Waals surface area contributed by atoms with Crippen LogP contribution in [0.4, 0.5) is 5.69 Å². The number of hydrogen-bond donors (Lipinski definition) is 6. The molecule has 1 fully saturated rings. The van der Waals surface area contributed by atoms with Crippen molar-refractivity contribution in [2.45, 2.75) is 79.3 Å². The van der Waals surface area contributed by atoms with Crippen molar-refractivity contribution in [3.8, 4) is 23.0 Å². The van der Waals surface area contributed by atoms with Crippen molar-refractivity contribution in [1.29, 1.82) is 0 Å². The fraction of sp³-hybridized carbons (Fsp3) is 0.535. The molecule has 0 spiro atoms. The average Bonchev–Trinajstić information content (AvgIpc) is 3.19. The molecule has 58 heavy (non-hydrogen) atoms. The molecule has 8 atom stereocenters. The highest BCUT2D eigenvalue weighted by molar-refractivity contribution is 6.21. The van der Waals surface area contributed by atoms with E-state index in [0.29, 0.717) is 13.1 Å². The molecule has 0 saturated carbocycles. The number of anilines is 1. The zero-order valence-corrected chi connectivity index (χ0v) is 35.1. The Kier molecular flexibility index (Phi) is 15.5. The minimum absolute atomic E-state index is 0.0344. The van der Waals surface area contributed by atoms with Crippen LogP contribution in [0.15, 0.2) is 41.1 Å². The number of nitrogens with zero attached hydrogens (tertiary/aromatic N) is 3. The minimum Gasteiger partial charge on any atom is -0.507 e. The molecule has 2 aromatic carbocycles. The summed E-state index contributed by atoms with van der Waals surface area (Å²) in [7, 11) is 4.77. The number of methoxy groups -OCH3 is 2. The lowest BCUT2D eigenvalue weighted by Crippen LogP contribution is -2.46. The van der Waals surface area contributed by atoms with E-state index in [-0.39, 0.29) is 50.9 Å². The number of ether oxygens (including phenoxy) is 3. The number of esters is 1. The molecule has 0 aromatic heterocycles. The number of phenols is 3. The Morgan fingerprint density at radius 1 is 0.897 bits per heavy atom. The Morgan fingerprint density at radius 3 is 2.16 bits per heavy atom. The van der Waals surface area contributed by atoms with Gasteiger partial charge in [0.25, 0.3) is 5.91 Å². The molecule has 5 rings (SSSR count). The highest BCUT2D eigenvalue weighted by Gasteiger charge is 2.39. The maximum Gasteiger partial charge on any atom is 0.302 e. The first kappa shape index (κ1) is 45.7. The van der Waals surface area contributed by atoms with Gasteiger partial charge in [0.2, 0.25) is 0 Å². The van der Waals surface area contributed by atoms with Gasteiger partial charge >= 0.3 is 5.97 Å². The average molecular weight is 809 g/mol. The summed E-state index contributed by atoms with van der Waals surface area (Å²) in [4.78, 5) is 42.5. The number of aliphatic hydroxyl groups excluding tert-OH is 2. The van der Waals surface area contributed by atoms with E-state index in [4.69, 9.17) is 14.2 Å². The Morgan fingerprint density at radius 2 is 1.55 bits per heavy atom. The lowest BCUT2D eigenvalue weighted by atomic mass is 9.78. The molecular formula is C43H60N4O11. The quantitative estimate of drug-likeness (QED) is 0.0800.